The van der Waals surface area contributed by atoms with Gasteiger partial charge < -0.3 is 20.4 Å². The number of hydrogen-bond donors (Lipinski definition) is 3. The predicted molar refractivity (Wildman–Crippen MR) is 93.8 cm³/mol. The van der Waals surface area contributed by atoms with E-state index in [1.807, 2.05) is 13.1 Å². The molecule has 2 bridgehead atoms. The first-order chi connectivity index (χ1) is 12.3. The van der Waals surface area contributed by atoms with Gasteiger partial charge in [-0.15, -0.1) is 0 Å². The fourth-order valence-electron chi connectivity index (χ4n) is 6.30. The normalized spacial score (nSPS) is 41.7. The van der Waals surface area contributed by atoms with E-state index in [9.17, 15) is 19.8 Å². The number of carbonyl (C=O) groups is 2. The van der Waals surface area contributed by atoms with Crippen LogP contribution < -0.4 is 5.32 Å². The zero-order valence-electron chi connectivity index (χ0n) is 14.9. The molecule has 5 rings (SSSR count). The lowest BCUT2D eigenvalue weighted by atomic mass is 9.46. The smallest absolute Gasteiger partial charge is 0.228 e. The van der Waals surface area contributed by atoms with Crippen LogP contribution in [-0.2, 0) is 21.4 Å². The SMILES string of the molecule is CN1CC[C@]23C[C@]4(CC[C@@]2(O)[C@H]1Cc1ccc(O)cc13)NC(=O)CC4=O. The monoisotopic (exact) mass is 356 g/mol. The summed E-state index contributed by atoms with van der Waals surface area (Å²) in [6.07, 6.45) is 2.75. The largest absolute Gasteiger partial charge is 0.508 e. The van der Waals surface area contributed by atoms with E-state index in [0.29, 0.717) is 25.7 Å². The van der Waals surface area contributed by atoms with E-state index in [2.05, 4.69) is 10.2 Å². The summed E-state index contributed by atoms with van der Waals surface area (Å²) in [6, 6.07) is 5.38. The third-order valence-corrected chi connectivity index (χ3v) is 7.60. The maximum absolute atomic E-state index is 12.7. The number of likely N-dealkylation sites (tertiary alicyclic amines) is 1. The molecule has 3 fully saturated rings. The van der Waals surface area contributed by atoms with Crippen LogP contribution in [0.4, 0.5) is 0 Å². The van der Waals surface area contributed by atoms with E-state index < -0.39 is 16.6 Å². The number of nitrogens with zero attached hydrogens (tertiary/aromatic N) is 1. The lowest BCUT2D eigenvalue weighted by Crippen LogP contribution is -2.75. The second-order valence-corrected chi connectivity index (χ2v) is 8.71. The number of nitrogens with one attached hydrogen (secondary N) is 1. The topological polar surface area (TPSA) is 89.9 Å². The molecule has 26 heavy (non-hydrogen) atoms. The van der Waals surface area contributed by atoms with Gasteiger partial charge in [0.25, 0.3) is 0 Å². The molecular weight excluding hydrogens is 332 g/mol. The maximum atomic E-state index is 12.7. The van der Waals surface area contributed by atoms with Gasteiger partial charge in [0.15, 0.2) is 5.78 Å². The number of phenols is 1. The molecule has 0 radical (unpaired) electrons. The summed E-state index contributed by atoms with van der Waals surface area (Å²) < 4.78 is 0. The van der Waals surface area contributed by atoms with Crippen molar-refractivity contribution in [3.8, 4) is 5.75 Å². The fourth-order valence-corrected chi connectivity index (χ4v) is 6.30. The van der Waals surface area contributed by atoms with E-state index in [1.54, 1.807) is 12.1 Å². The Morgan fingerprint density at radius 2 is 2.04 bits per heavy atom. The van der Waals surface area contributed by atoms with Crippen molar-refractivity contribution in [1.29, 1.82) is 0 Å². The molecule has 2 aliphatic heterocycles. The van der Waals surface area contributed by atoms with Crippen molar-refractivity contribution in [3.05, 3.63) is 29.3 Å². The molecular formula is C20H24N2O4. The number of piperidine rings is 1. The Morgan fingerprint density at radius 3 is 2.77 bits per heavy atom. The van der Waals surface area contributed by atoms with Crippen LogP contribution in [0, 0.1) is 0 Å². The second kappa shape index (κ2) is 4.87. The van der Waals surface area contributed by atoms with E-state index in [-0.39, 0.29) is 29.9 Å². The first-order valence-electron chi connectivity index (χ1n) is 9.39. The zero-order valence-corrected chi connectivity index (χ0v) is 14.9. The van der Waals surface area contributed by atoms with E-state index in [0.717, 1.165) is 24.1 Å². The van der Waals surface area contributed by atoms with Gasteiger partial charge >= 0.3 is 0 Å². The molecule has 1 amide bonds. The van der Waals surface area contributed by atoms with Crippen molar-refractivity contribution in [2.24, 2.45) is 0 Å². The van der Waals surface area contributed by atoms with Gasteiger partial charge in [0, 0.05) is 11.5 Å². The highest BCUT2D eigenvalue weighted by molar-refractivity contribution is 6.10. The summed E-state index contributed by atoms with van der Waals surface area (Å²) in [5, 5.41) is 25.0. The van der Waals surface area contributed by atoms with Crippen LogP contribution in [0.15, 0.2) is 18.2 Å². The van der Waals surface area contributed by atoms with Gasteiger partial charge in [0.2, 0.25) is 5.91 Å². The molecule has 4 aliphatic rings. The number of phenolic OH excluding ortho intramolecular Hbond substituents is 1. The Labute approximate surface area is 152 Å². The maximum Gasteiger partial charge on any atom is 0.228 e. The minimum atomic E-state index is -0.959. The summed E-state index contributed by atoms with van der Waals surface area (Å²) in [6.45, 7) is 0.820. The van der Waals surface area contributed by atoms with Crippen LogP contribution >= 0.6 is 0 Å². The van der Waals surface area contributed by atoms with E-state index in [1.165, 1.54) is 0 Å². The summed E-state index contributed by atoms with van der Waals surface area (Å²) in [4.78, 5) is 26.9. The fraction of sp³-hybridized carbons (Fsp3) is 0.600. The zero-order chi connectivity index (χ0) is 18.3. The lowest BCUT2D eigenvalue weighted by molar-refractivity contribution is -0.176. The van der Waals surface area contributed by atoms with Crippen molar-refractivity contribution in [2.45, 2.75) is 61.1 Å². The molecule has 6 nitrogen and oxygen atoms in total. The summed E-state index contributed by atoms with van der Waals surface area (Å²) >= 11 is 0. The average Bonchev–Trinajstić information content (AvgIpc) is 2.86. The van der Waals surface area contributed by atoms with Crippen molar-refractivity contribution in [3.63, 3.8) is 0 Å². The van der Waals surface area contributed by atoms with Gasteiger partial charge in [-0.1, -0.05) is 6.07 Å². The first kappa shape index (κ1) is 16.3. The van der Waals surface area contributed by atoms with Crippen molar-refractivity contribution < 1.29 is 19.8 Å². The predicted octanol–water partition coefficient (Wildman–Crippen LogP) is 0.633. The highest BCUT2D eigenvalue weighted by Gasteiger charge is 2.68. The Bertz CT molecular complexity index is 839. The minimum absolute atomic E-state index is 0.0159. The summed E-state index contributed by atoms with van der Waals surface area (Å²) in [5.41, 5.74) is -0.374. The number of hydrogen-bond acceptors (Lipinski definition) is 5. The highest BCUT2D eigenvalue weighted by atomic mass is 16.3. The Hall–Kier alpha value is -1.92. The Kier molecular flexibility index (Phi) is 3.05. The molecule has 2 aliphatic carbocycles. The standard InChI is InChI=1S/C20H24N2O4/c1-22-7-6-18-11-19(16(24)10-17(25)21-19)4-5-20(18,26)15(22)8-12-2-3-13(23)9-14(12)18/h2-3,9,15,23,26H,4-8,10-11H2,1H3,(H,21,25)/t15-,18-,19+,20-/m1/s1. The molecule has 1 aromatic rings. The number of benzene rings is 1. The van der Waals surface area contributed by atoms with Crippen LogP contribution in [0.2, 0.25) is 0 Å². The number of amides is 1. The molecule has 0 aromatic heterocycles. The van der Waals surface area contributed by atoms with Gasteiger partial charge in [0.05, 0.1) is 12.0 Å². The van der Waals surface area contributed by atoms with Crippen molar-refractivity contribution in [1.82, 2.24) is 10.2 Å². The van der Waals surface area contributed by atoms with Crippen LogP contribution in [0.5, 0.6) is 5.75 Å². The van der Waals surface area contributed by atoms with Gasteiger partial charge in [-0.3, -0.25) is 9.59 Å². The van der Waals surface area contributed by atoms with Crippen LogP contribution in [0.3, 0.4) is 0 Å². The van der Waals surface area contributed by atoms with Crippen molar-refractivity contribution >= 4 is 11.7 Å². The molecule has 4 atom stereocenters. The molecule has 1 saturated carbocycles. The van der Waals surface area contributed by atoms with Gasteiger partial charge in [-0.25, -0.2) is 0 Å². The van der Waals surface area contributed by atoms with Crippen LogP contribution in [0.1, 0.15) is 43.2 Å². The van der Waals surface area contributed by atoms with Gasteiger partial charge in [-0.05, 0) is 69.0 Å². The third-order valence-electron chi connectivity index (χ3n) is 7.60. The minimum Gasteiger partial charge on any atom is -0.508 e. The van der Waals surface area contributed by atoms with Crippen LogP contribution in [0.25, 0.3) is 0 Å². The molecule has 138 valence electrons. The lowest BCUT2D eigenvalue weighted by Gasteiger charge is -2.65. The highest BCUT2D eigenvalue weighted by Crippen LogP contribution is 2.60. The van der Waals surface area contributed by atoms with Gasteiger partial charge in [-0.2, -0.15) is 0 Å². The average molecular weight is 356 g/mol. The number of aliphatic hydroxyl groups is 1. The third kappa shape index (κ3) is 1.79. The first-order valence-corrected chi connectivity index (χ1v) is 9.39. The number of fused-ring (bicyclic) bond motifs is 1. The molecule has 2 heterocycles. The number of ketones is 1. The Balaban J connectivity index is 1.72. The molecule has 3 N–H and O–H groups in total. The molecule has 0 unspecified atom stereocenters. The summed E-state index contributed by atoms with van der Waals surface area (Å²) in [5.74, 6) is -0.0887. The number of Topliss-reactive ketones (excluding diaryl/α,β-unsaturated/α-hetero) is 1. The van der Waals surface area contributed by atoms with Gasteiger partial charge in [0.1, 0.15) is 11.3 Å². The molecule has 6 heteroatoms. The Morgan fingerprint density at radius 1 is 1.23 bits per heavy atom. The molecule has 2 saturated heterocycles. The molecule has 1 spiro atoms. The van der Waals surface area contributed by atoms with Crippen LogP contribution in [-0.4, -0.2) is 57.6 Å². The number of likely N-dealkylation sites (N-methyl/N-ethyl adjacent to an activating group) is 1. The quantitative estimate of drug-likeness (QED) is 0.594. The second-order valence-electron chi connectivity index (χ2n) is 8.71. The van der Waals surface area contributed by atoms with Crippen molar-refractivity contribution in [2.75, 3.05) is 13.6 Å². The van der Waals surface area contributed by atoms with E-state index in [4.69, 9.17) is 0 Å². The number of aromatic hydroxyl groups is 1. The number of rotatable bonds is 0. The molecule has 1 aromatic carbocycles. The van der Waals surface area contributed by atoms with E-state index >= 15 is 0 Å². The number of carbonyl (C=O) groups excluding carboxylic acids is 2. The summed E-state index contributed by atoms with van der Waals surface area (Å²) in [7, 11) is 2.05.